The van der Waals surface area contributed by atoms with Gasteiger partial charge in [0.15, 0.2) is 6.10 Å². The number of ketones is 1. The average molecular weight is 228 g/mol. The van der Waals surface area contributed by atoms with Gasteiger partial charge in [0, 0.05) is 13.0 Å². The topological polar surface area (TPSA) is 43.4 Å². The number of benzene rings is 1. The summed E-state index contributed by atoms with van der Waals surface area (Å²) >= 11 is 0. The number of ether oxygens (including phenoxy) is 1. The van der Waals surface area contributed by atoms with E-state index in [2.05, 4.69) is 4.74 Å². The lowest BCUT2D eigenvalue weighted by Crippen LogP contribution is -2.24. The Morgan fingerprint density at radius 2 is 1.94 bits per heavy atom. The third-order valence-corrected chi connectivity index (χ3v) is 1.91. The van der Waals surface area contributed by atoms with E-state index in [1.54, 1.807) is 0 Å². The highest BCUT2D eigenvalue weighted by Gasteiger charge is 2.21. The number of carbonyl (C=O) groups excluding carboxylic acids is 2. The lowest BCUT2D eigenvalue weighted by atomic mass is 10.1. The highest BCUT2D eigenvalue weighted by Crippen LogP contribution is 2.13. The van der Waals surface area contributed by atoms with Gasteiger partial charge in [0.2, 0.25) is 5.78 Å². The Hall–Kier alpha value is -1.78. The number of hydrogen-bond donors (Lipinski definition) is 0. The Bertz CT molecular complexity index is 429. The summed E-state index contributed by atoms with van der Waals surface area (Å²) in [4.78, 5) is 22.2. The van der Waals surface area contributed by atoms with E-state index < -0.39 is 29.5 Å². The van der Waals surface area contributed by atoms with Crippen molar-refractivity contribution < 1.29 is 23.1 Å². The third-order valence-electron chi connectivity index (χ3n) is 1.91. The predicted octanol–water partition coefficient (Wildman–Crippen LogP) is 2.10. The van der Waals surface area contributed by atoms with Crippen molar-refractivity contribution >= 4 is 11.8 Å². The third kappa shape index (κ3) is 2.85. The highest BCUT2D eigenvalue weighted by atomic mass is 19.1. The van der Waals surface area contributed by atoms with Crippen LogP contribution in [0.4, 0.5) is 8.78 Å². The first-order chi connectivity index (χ1) is 7.41. The smallest absolute Gasteiger partial charge is 0.303 e. The lowest BCUT2D eigenvalue weighted by molar-refractivity contribution is -0.143. The van der Waals surface area contributed by atoms with Crippen molar-refractivity contribution in [2.75, 3.05) is 0 Å². The first-order valence-electron chi connectivity index (χ1n) is 4.58. The Kier molecular flexibility index (Phi) is 3.71. The minimum Gasteiger partial charge on any atom is -0.454 e. The van der Waals surface area contributed by atoms with Gasteiger partial charge in [-0.05, 0) is 19.1 Å². The van der Waals surface area contributed by atoms with Gasteiger partial charge < -0.3 is 4.74 Å². The number of esters is 1. The van der Waals surface area contributed by atoms with Crippen molar-refractivity contribution in [1.29, 1.82) is 0 Å². The molecule has 1 aromatic carbocycles. The van der Waals surface area contributed by atoms with Crippen LogP contribution in [0.5, 0.6) is 0 Å². The molecular weight excluding hydrogens is 218 g/mol. The van der Waals surface area contributed by atoms with Crippen molar-refractivity contribution in [2.24, 2.45) is 0 Å². The summed E-state index contributed by atoms with van der Waals surface area (Å²) in [5.41, 5.74) is -0.296. The molecule has 1 atom stereocenters. The second-order valence-corrected chi connectivity index (χ2v) is 3.24. The number of carbonyl (C=O) groups is 2. The molecule has 86 valence electrons. The van der Waals surface area contributed by atoms with Gasteiger partial charge in [-0.2, -0.15) is 0 Å². The van der Waals surface area contributed by atoms with Gasteiger partial charge >= 0.3 is 5.97 Å². The van der Waals surface area contributed by atoms with Crippen LogP contribution in [-0.4, -0.2) is 17.9 Å². The van der Waals surface area contributed by atoms with E-state index >= 15 is 0 Å². The van der Waals surface area contributed by atoms with Crippen LogP contribution in [-0.2, 0) is 9.53 Å². The van der Waals surface area contributed by atoms with Crippen LogP contribution in [0.25, 0.3) is 0 Å². The van der Waals surface area contributed by atoms with Gasteiger partial charge in [-0.15, -0.1) is 0 Å². The van der Waals surface area contributed by atoms with Crippen LogP contribution in [0.15, 0.2) is 18.2 Å². The van der Waals surface area contributed by atoms with E-state index in [0.29, 0.717) is 6.07 Å². The maximum atomic E-state index is 13.2. The zero-order valence-electron chi connectivity index (χ0n) is 8.79. The Balaban J connectivity index is 2.92. The second kappa shape index (κ2) is 4.83. The summed E-state index contributed by atoms with van der Waals surface area (Å²) in [5, 5.41) is 0. The molecule has 0 aliphatic carbocycles. The Labute approximate surface area is 91.0 Å². The zero-order valence-corrected chi connectivity index (χ0v) is 8.79. The van der Waals surface area contributed by atoms with Crippen LogP contribution in [0.3, 0.4) is 0 Å². The van der Waals surface area contributed by atoms with E-state index in [1.807, 2.05) is 0 Å². The molecule has 0 saturated heterocycles. The fraction of sp³-hybridized carbons (Fsp3) is 0.273. The molecule has 0 N–H and O–H groups in total. The number of Topliss-reactive ketones (excluding diaryl/α,β-unsaturated/α-hetero) is 1. The van der Waals surface area contributed by atoms with E-state index in [1.165, 1.54) is 6.92 Å². The maximum absolute atomic E-state index is 13.2. The molecule has 3 nitrogen and oxygen atoms in total. The Morgan fingerprint density at radius 3 is 2.44 bits per heavy atom. The molecule has 0 spiro atoms. The second-order valence-electron chi connectivity index (χ2n) is 3.24. The molecule has 1 aromatic rings. The van der Waals surface area contributed by atoms with E-state index in [0.717, 1.165) is 19.1 Å². The van der Waals surface area contributed by atoms with Gasteiger partial charge in [0.25, 0.3) is 0 Å². The summed E-state index contributed by atoms with van der Waals surface area (Å²) in [5.74, 6) is -3.07. The normalized spacial score (nSPS) is 12.0. The SMILES string of the molecule is CC(=O)O[C@H](C)C(=O)c1ccc(F)cc1F. The van der Waals surface area contributed by atoms with Crippen molar-refractivity contribution in [3.8, 4) is 0 Å². The molecule has 0 aliphatic rings. The molecule has 0 bridgehead atoms. The highest BCUT2D eigenvalue weighted by molar-refractivity contribution is 6.00. The minimum absolute atomic E-state index is 0.296. The fourth-order valence-corrected chi connectivity index (χ4v) is 1.21. The van der Waals surface area contributed by atoms with Gasteiger partial charge in [0.05, 0.1) is 5.56 Å². The first-order valence-corrected chi connectivity index (χ1v) is 4.58. The molecule has 0 aromatic heterocycles. The summed E-state index contributed by atoms with van der Waals surface area (Å²) in [6.07, 6.45) is -1.09. The fourth-order valence-electron chi connectivity index (χ4n) is 1.21. The summed E-state index contributed by atoms with van der Waals surface area (Å²) in [6.45, 7) is 2.47. The predicted molar refractivity (Wildman–Crippen MR) is 51.9 cm³/mol. The van der Waals surface area contributed by atoms with Crippen molar-refractivity contribution in [3.63, 3.8) is 0 Å². The molecule has 0 saturated carbocycles. The summed E-state index contributed by atoms with van der Waals surface area (Å²) in [6, 6.07) is 2.59. The maximum Gasteiger partial charge on any atom is 0.303 e. The first kappa shape index (κ1) is 12.3. The molecule has 1 rings (SSSR count). The molecule has 5 heteroatoms. The van der Waals surface area contributed by atoms with Crippen LogP contribution in [0.1, 0.15) is 24.2 Å². The van der Waals surface area contributed by atoms with Crippen LogP contribution in [0.2, 0.25) is 0 Å². The van der Waals surface area contributed by atoms with Crippen LogP contribution >= 0.6 is 0 Å². The Morgan fingerprint density at radius 1 is 1.31 bits per heavy atom. The largest absolute Gasteiger partial charge is 0.454 e. The van der Waals surface area contributed by atoms with Crippen LogP contribution < -0.4 is 0 Å². The van der Waals surface area contributed by atoms with E-state index in [4.69, 9.17) is 0 Å². The quantitative estimate of drug-likeness (QED) is 0.587. The van der Waals surface area contributed by atoms with Gasteiger partial charge in [-0.1, -0.05) is 0 Å². The molecule has 0 heterocycles. The number of rotatable bonds is 3. The monoisotopic (exact) mass is 228 g/mol. The van der Waals surface area contributed by atoms with E-state index in [9.17, 15) is 18.4 Å². The zero-order chi connectivity index (χ0) is 12.3. The number of halogens is 2. The molecular formula is C11H10F2O3. The number of hydrogen-bond acceptors (Lipinski definition) is 3. The average Bonchev–Trinajstić information content (AvgIpc) is 2.15. The van der Waals surface area contributed by atoms with E-state index in [-0.39, 0.29) is 5.56 Å². The molecule has 16 heavy (non-hydrogen) atoms. The lowest BCUT2D eigenvalue weighted by Gasteiger charge is -2.10. The van der Waals surface area contributed by atoms with Crippen LogP contribution in [0, 0.1) is 11.6 Å². The van der Waals surface area contributed by atoms with Crippen molar-refractivity contribution in [3.05, 3.63) is 35.4 Å². The molecule has 0 aliphatic heterocycles. The molecule has 0 radical (unpaired) electrons. The van der Waals surface area contributed by atoms with Crippen molar-refractivity contribution in [2.45, 2.75) is 20.0 Å². The summed E-state index contributed by atoms with van der Waals surface area (Å²) in [7, 11) is 0. The molecule has 0 unspecified atom stereocenters. The molecule has 0 fully saturated rings. The minimum atomic E-state index is -1.09. The van der Waals surface area contributed by atoms with Gasteiger partial charge in [-0.25, -0.2) is 8.78 Å². The summed E-state index contributed by atoms with van der Waals surface area (Å²) < 4.78 is 30.4. The van der Waals surface area contributed by atoms with Crippen molar-refractivity contribution in [1.82, 2.24) is 0 Å². The molecule has 0 amide bonds. The van der Waals surface area contributed by atoms with Gasteiger partial charge in [0.1, 0.15) is 11.6 Å². The van der Waals surface area contributed by atoms with Gasteiger partial charge in [-0.3, -0.25) is 9.59 Å². The standard InChI is InChI=1S/C11H10F2O3/c1-6(16-7(2)14)11(15)9-4-3-8(12)5-10(9)13/h3-6H,1-2H3/t6-/m1/s1.